The van der Waals surface area contributed by atoms with Crippen LogP contribution in [0.4, 0.5) is 11.9 Å². The molecule has 25 heavy (non-hydrogen) atoms. The van der Waals surface area contributed by atoms with Crippen LogP contribution in [0.15, 0.2) is 60.7 Å². The van der Waals surface area contributed by atoms with Crippen molar-refractivity contribution in [2.75, 3.05) is 10.6 Å². The lowest BCUT2D eigenvalue weighted by atomic mass is 9.99. The molecule has 0 spiro atoms. The Kier molecular flexibility index (Phi) is 3.93. The third-order valence-corrected chi connectivity index (χ3v) is 4.32. The molecule has 6 heteroatoms. The summed E-state index contributed by atoms with van der Waals surface area (Å²) < 4.78 is 1.86. The van der Waals surface area contributed by atoms with Gasteiger partial charge in [-0.05, 0) is 31.0 Å². The van der Waals surface area contributed by atoms with Gasteiger partial charge in [0.2, 0.25) is 5.95 Å². The van der Waals surface area contributed by atoms with Crippen molar-refractivity contribution in [3.8, 4) is 0 Å². The predicted molar refractivity (Wildman–Crippen MR) is 96.7 cm³/mol. The lowest BCUT2D eigenvalue weighted by Gasteiger charge is -2.29. The first kappa shape index (κ1) is 15.4. The highest BCUT2D eigenvalue weighted by atomic mass is 16.1. The molecular weight excluding hydrogens is 314 g/mol. The summed E-state index contributed by atoms with van der Waals surface area (Å²) in [6.07, 6.45) is 0.909. The number of hydrogen-bond donors (Lipinski definition) is 2. The van der Waals surface area contributed by atoms with Gasteiger partial charge in [0.05, 0.1) is 6.04 Å². The Morgan fingerprint density at radius 2 is 1.80 bits per heavy atom. The van der Waals surface area contributed by atoms with Crippen LogP contribution < -0.4 is 10.6 Å². The summed E-state index contributed by atoms with van der Waals surface area (Å²) in [7, 11) is 0. The number of carbonyl (C=O) groups is 1. The Morgan fingerprint density at radius 1 is 1.12 bits per heavy atom. The highest BCUT2D eigenvalue weighted by molar-refractivity contribution is 6.03. The highest BCUT2D eigenvalue weighted by Gasteiger charge is 2.28. The summed E-state index contributed by atoms with van der Waals surface area (Å²) in [4.78, 5) is 16.8. The van der Waals surface area contributed by atoms with Crippen molar-refractivity contribution < 1.29 is 4.79 Å². The molecule has 0 radical (unpaired) electrons. The standard InChI is InChI=1S/C19H19N5O/c1-13-12-16(14-8-4-2-5-9-14)24-19(20-13)22-18(23-24)21-17(25)15-10-6-3-7-11-15/h2-11,13,16H,12H2,1H3,(H2,20,21,22,23,25)/t13-,16+/m1/s1. The summed E-state index contributed by atoms with van der Waals surface area (Å²) in [5, 5.41) is 10.6. The van der Waals surface area contributed by atoms with Gasteiger partial charge in [-0.2, -0.15) is 4.98 Å². The molecule has 0 fully saturated rings. The fourth-order valence-electron chi connectivity index (χ4n) is 3.12. The van der Waals surface area contributed by atoms with Crippen LogP contribution in [0, 0.1) is 0 Å². The van der Waals surface area contributed by atoms with Crippen molar-refractivity contribution in [1.82, 2.24) is 14.8 Å². The zero-order valence-corrected chi connectivity index (χ0v) is 13.9. The molecule has 2 aromatic carbocycles. The van der Waals surface area contributed by atoms with Gasteiger partial charge in [-0.25, -0.2) is 4.68 Å². The summed E-state index contributed by atoms with van der Waals surface area (Å²) in [5.41, 5.74) is 1.76. The zero-order valence-electron chi connectivity index (χ0n) is 13.9. The van der Waals surface area contributed by atoms with Gasteiger partial charge in [0.1, 0.15) is 0 Å². The molecule has 126 valence electrons. The minimum atomic E-state index is -0.215. The van der Waals surface area contributed by atoms with Gasteiger partial charge in [0, 0.05) is 11.6 Å². The summed E-state index contributed by atoms with van der Waals surface area (Å²) in [6, 6.07) is 19.7. The third-order valence-electron chi connectivity index (χ3n) is 4.32. The van der Waals surface area contributed by atoms with E-state index in [2.05, 4.69) is 39.8 Å². The van der Waals surface area contributed by atoms with Gasteiger partial charge in [-0.1, -0.05) is 48.5 Å². The van der Waals surface area contributed by atoms with E-state index < -0.39 is 0 Å². The number of fused-ring (bicyclic) bond motifs is 1. The van der Waals surface area contributed by atoms with Gasteiger partial charge in [-0.15, -0.1) is 5.10 Å². The van der Waals surface area contributed by atoms with E-state index in [-0.39, 0.29) is 18.0 Å². The monoisotopic (exact) mass is 333 g/mol. The van der Waals surface area contributed by atoms with E-state index >= 15 is 0 Å². The van der Waals surface area contributed by atoms with Gasteiger partial charge in [-0.3, -0.25) is 10.1 Å². The number of hydrogen-bond acceptors (Lipinski definition) is 4. The van der Waals surface area contributed by atoms with Crippen LogP contribution in [0.5, 0.6) is 0 Å². The number of amides is 1. The molecule has 1 aromatic heterocycles. The second kappa shape index (κ2) is 6.39. The van der Waals surface area contributed by atoms with Crippen molar-refractivity contribution in [2.45, 2.75) is 25.4 Å². The minimum Gasteiger partial charge on any atom is -0.352 e. The van der Waals surface area contributed by atoms with E-state index in [9.17, 15) is 4.79 Å². The van der Waals surface area contributed by atoms with E-state index in [1.165, 1.54) is 5.56 Å². The molecule has 6 nitrogen and oxygen atoms in total. The van der Waals surface area contributed by atoms with Crippen LogP contribution in [0.1, 0.15) is 35.3 Å². The molecule has 1 aliphatic rings. The normalized spacial score (nSPS) is 18.9. The zero-order chi connectivity index (χ0) is 17.2. The van der Waals surface area contributed by atoms with Crippen molar-refractivity contribution in [3.05, 3.63) is 71.8 Å². The van der Waals surface area contributed by atoms with Gasteiger partial charge < -0.3 is 5.32 Å². The minimum absolute atomic E-state index is 0.0994. The molecule has 0 saturated carbocycles. The molecular formula is C19H19N5O. The van der Waals surface area contributed by atoms with E-state index in [0.29, 0.717) is 17.5 Å². The molecule has 1 amide bonds. The van der Waals surface area contributed by atoms with Crippen molar-refractivity contribution in [1.29, 1.82) is 0 Å². The predicted octanol–water partition coefficient (Wildman–Crippen LogP) is 3.32. The van der Waals surface area contributed by atoms with E-state index in [4.69, 9.17) is 0 Å². The fourth-order valence-corrected chi connectivity index (χ4v) is 3.12. The second-order valence-electron chi connectivity index (χ2n) is 6.23. The van der Waals surface area contributed by atoms with Crippen LogP contribution in [0.2, 0.25) is 0 Å². The Bertz CT molecular complexity index is 875. The average Bonchev–Trinajstić information content (AvgIpc) is 3.04. The van der Waals surface area contributed by atoms with Gasteiger partial charge in [0.25, 0.3) is 11.9 Å². The number of anilines is 2. The SMILES string of the molecule is C[C@@H]1C[C@@H](c2ccccc2)n2nc(NC(=O)c3ccccc3)nc2N1. The molecule has 3 aromatic rings. The largest absolute Gasteiger partial charge is 0.352 e. The molecule has 0 saturated heterocycles. The number of nitrogens with one attached hydrogen (secondary N) is 2. The molecule has 4 rings (SSSR count). The van der Waals surface area contributed by atoms with E-state index in [1.807, 2.05) is 41.1 Å². The molecule has 1 aliphatic heterocycles. The number of aromatic nitrogens is 3. The summed E-state index contributed by atoms with van der Waals surface area (Å²) >= 11 is 0. The Hall–Kier alpha value is -3.15. The number of carbonyl (C=O) groups excluding carboxylic acids is 1. The maximum absolute atomic E-state index is 12.3. The second-order valence-corrected chi connectivity index (χ2v) is 6.23. The summed E-state index contributed by atoms with van der Waals surface area (Å²) in [6.45, 7) is 2.12. The van der Waals surface area contributed by atoms with Crippen LogP contribution in [-0.4, -0.2) is 26.7 Å². The Morgan fingerprint density at radius 3 is 2.52 bits per heavy atom. The Labute approximate surface area is 145 Å². The molecule has 0 unspecified atom stereocenters. The van der Waals surface area contributed by atoms with E-state index in [0.717, 1.165) is 6.42 Å². The van der Waals surface area contributed by atoms with Gasteiger partial charge >= 0.3 is 0 Å². The van der Waals surface area contributed by atoms with Crippen LogP contribution in [0.3, 0.4) is 0 Å². The quantitative estimate of drug-likeness (QED) is 0.771. The molecule has 0 bridgehead atoms. The van der Waals surface area contributed by atoms with E-state index in [1.54, 1.807) is 12.1 Å². The maximum Gasteiger partial charge on any atom is 0.258 e. The molecule has 0 aliphatic carbocycles. The summed E-state index contributed by atoms with van der Waals surface area (Å²) in [5.74, 6) is 0.773. The lowest BCUT2D eigenvalue weighted by molar-refractivity contribution is 0.102. The smallest absolute Gasteiger partial charge is 0.258 e. The average molecular weight is 333 g/mol. The molecule has 2 atom stereocenters. The van der Waals surface area contributed by atoms with Gasteiger partial charge in [0.15, 0.2) is 0 Å². The van der Waals surface area contributed by atoms with Crippen LogP contribution in [-0.2, 0) is 0 Å². The Balaban J connectivity index is 1.62. The fraction of sp³-hybridized carbons (Fsp3) is 0.211. The van der Waals surface area contributed by atoms with Crippen molar-refractivity contribution in [2.24, 2.45) is 0 Å². The topological polar surface area (TPSA) is 71.8 Å². The number of benzene rings is 2. The first-order valence-corrected chi connectivity index (χ1v) is 8.35. The highest BCUT2D eigenvalue weighted by Crippen LogP contribution is 2.31. The maximum atomic E-state index is 12.3. The molecule has 2 N–H and O–H groups in total. The van der Waals surface area contributed by atoms with Crippen LogP contribution in [0.25, 0.3) is 0 Å². The third kappa shape index (κ3) is 3.10. The first-order chi connectivity index (χ1) is 12.2. The number of rotatable bonds is 3. The molecule has 2 heterocycles. The lowest BCUT2D eigenvalue weighted by Crippen LogP contribution is -2.31. The van der Waals surface area contributed by atoms with Crippen LogP contribution >= 0.6 is 0 Å². The first-order valence-electron chi connectivity index (χ1n) is 8.35. The number of nitrogens with zero attached hydrogens (tertiary/aromatic N) is 3. The van der Waals surface area contributed by atoms with Crippen molar-refractivity contribution in [3.63, 3.8) is 0 Å². The van der Waals surface area contributed by atoms with Crippen molar-refractivity contribution >= 4 is 17.8 Å².